The molecule has 0 radical (unpaired) electrons. The quantitative estimate of drug-likeness (QED) is 0.0402. The highest BCUT2D eigenvalue weighted by Crippen LogP contribution is 2.38. The highest BCUT2D eigenvalue weighted by Gasteiger charge is 2.45. The van der Waals surface area contributed by atoms with Crippen LogP contribution in [0.3, 0.4) is 0 Å². The van der Waals surface area contributed by atoms with Crippen molar-refractivity contribution in [2.75, 3.05) is 48.8 Å². The first-order valence-corrected chi connectivity index (χ1v) is 44.4. The largest absolute Gasteiger partial charge is 0.451 e. The summed E-state index contributed by atoms with van der Waals surface area (Å²) in [4.78, 5) is 221. The number of nitrogens with zero attached hydrogens (tertiary/aromatic N) is 7. The molecular formula is C89H147FN14O16S. The Balaban J connectivity index is 1.93. The smallest absolute Gasteiger partial charge is 0.329 e. The first-order chi connectivity index (χ1) is 56.3. The molecule has 8 N–H and O–H groups in total. The Labute approximate surface area is 722 Å². The van der Waals surface area contributed by atoms with E-state index in [1.54, 1.807) is 0 Å². The Morgan fingerprint density at radius 2 is 0.760 bits per heavy atom. The minimum Gasteiger partial charge on any atom is -0.451 e. The lowest BCUT2D eigenvalue weighted by Gasteiger charge is -2.37. The van der Waals surface area contributed by atoms with Gasteiger partial charge < -0.3 is 76.5 Å². The summed E-state index contributed by atoms with van der Waals surface area (Å²) >= 11 is 1.23. The molecule has 0 bridgehead atoms. The summed E-state index contributed by atoms with van der Waals surface area (Å²) in [7, 11) is 8.50. The first kappa shape index (κ1) is 105. The van der Waals surface area contributed by atoms with Crippen molar-refractivity contribution in [3.8, 4) is 0 Å². The number of thiazole rings is 1. The Bertz CT molecular complexity index is 3830. The van der Waals surface area contributed by atoms with Gasteiger partial charge in [-0.05, 0) is 156 Å². The number of ether oxygens (including phenoxy) is 2. The zero-order chi connectivity index (χ0) is 91.8. The number of nitrogens with one attached hydrogen (secondary N) is 6. The van der Waals surface area contributed by atoms with Gasteiger partial charge in [-0.15, -0.1) is 11.3 Å². The van der Waals surface area contributed by atoms with E-state index in [4.69, 9.17) is 20.2 Å². The molecule has 2 aromatic rings. The van der Waals surface area contributed by atoms with E-state index < -0.39 is 185 Å². The molecule has 30 nitrogen and oxygen atoms in total. The van der Waals surface area contributed by atoms with E-state index in [-0.39, 0.29) is 125 Å². The van der Waals surface area contributed by atoms with Crippen molar-refractivity contribution in [2.24, 2.45) is 59.0 Å². The fraction of sp³-hybridized carbons (Fsp3) is 0.742. The third-order valence-corrected chi connectivity index (χ3v) is 23.9. The van der Waals surface area contributed by atoms with Gasteiger partial charge in [-0.2, -0.15) is 0 Å². The summed E-state index contributed by atoms with van der Waals surface area (Å²) < 4.78 is 26.3. The predicted molar refractivity (Wildman–Crippen MR) is 463 cm³/mol. The summed E-state index contributed by atoms with van der Waals surface area (Å²) in [6.45, 7) is 38.1. The molecule has 1 unspecified atom stereocenters. The zero-order valence-corrected chi connectivity index (χ0v) is 78.1. The molecule has 0 spiro atoms. The number of esters is 2. The van der Waals surface area contributed by atoms with E-state index in [0.29, 0.717) is 35.5 Å². The molecule has 2 aliphatic heterocycles. The van der Waals surface area contributed by atoms with Crippen LogP contribution in [0.5, 0.6) is 0 Å². The first-order valence-electron chi connectivity index (χ1n) is 43.5. The van der Waals surface area contributed by atoms with E-state index in [9.17, 15) is 42.7 Å². The third kappa shape index (κ3) is 31.0. The van der Waals surface area contributed by atoms with Crippen LogP contribution in [-0.2, 0) is 94.9 Å². The van der Waals surface area contributed by atoms with Gasteiger partial charge in [-0.3, -0.25) is 57.5 Å². The van der Waals surface area contributed by atoms with Gasteiger partial charge in [0.25, 0.3) is 11.8 Å². The highest BCUT2D eigenvalue weighted by molar-refractivity contribution is 7.09. The maximum atomic E-state index is 15.7. The summed E-state index contributed by atoms with van der Waals surface area (Å²) in [5.41, 5.74) is 6.23. The number of carbonyl (C=O) groups is 14. The molecule has 16 atom stereocenters. The molecule has 1 aromatic carbocycles. The van der Waals surface area contributed by atoms with Crippen LogP contribution in [0.25, 0.3) is 0 Å². The fourth-order valence-electron chi connectivity index (χ4n) is 15.7. The number of amides is 12. The number of likely N-dealkylation sites (N-methyl/N-ethyl adjacent to an activating group) is 6. The van der Waals surface area contributed by atoms with Crippen molar-refractivity contribution in [3.05, 3.63) is 51.7 Å². The Kier molecular flexibility index (Phi) is 41.4. The average Bonchev–Trinajstić information content (AvgIpc) is 1.69. The molecule has 4 rings (SSSR count). The number of halogens is 1. The molecule has 2 saturated heterocycles. The molecule has 0 aliphatic carbocycles. The fourth-order valence-corrected chi connectivity index (χ4v) is 16.7. The summed E-state index contributed by atoms with van der Waals surface area (Å²) in [6.07, 6.45) is -1.12. The van der Waals surface area contributed by atoms with Crippen LogP contribution >= 0.6 is 11.3 Å². The lowest BCUT2D eigenvalue weighted by Crippen LogP contribution is -2.60. The zero-order valence-electron chi connectivity index (χ0n) is 77.3. The van der Waals surface area contributed by atoms with E-state index in [2.05, 4.69) is 31.9 Å². The van der Waals surface area contributed by atoms with E-state index in [1.165, 1.54) is 118 Å². The normalized spacial score (nSPS) is 25.9. The maximum absolute atomic E-state index is 15.7. The van der Waals surface area contributed by atoms with Crippen molar-refractivity contribution in [2.45, 2.75) is 325 Å². The molecular weight excluding hydrogens is 1570 g/mol. The second-order valence-electron chi connectivity index (χ2n) is 37.5. The van der Waals surface area contributed by atoms with Gasteiger partial charge in [-0.25, -0.2) is 19.0 Å². The van der Waals surface area contributed by atoms with Crippen molar-refractivity contribution < 1.29 is 81.0 Å². The van der Waals surface area contributed by atoms with Crippen molar-refractivity contribution in [1.29, 1.82) is 0 Å². The van der Waals surface area contributed by atoms with E-state index in [1.807, 2.05) is 130 Å². The number of carbonyl (C=O) groups excluding carboxylic acids is 14. The Morgan fingerprint density at radius 1 is 0.438 bits per heavy atom. The lowest BCUT2D eigenvalue weighted by molar-refractivity contribution is -0.163. The molecule has 2 fully saturated rings. The van der Waals surface area contributed by atoms with Crippen molar-refractivity contribution in [3.63, 3.8) is 0 Å². The lowest BCUT2D eigenvalue weighted by atomic mass is 9.73. The van der Waals surface area contributed by atoms with Gasteiger partial charge in [0.1, 0.15) is 78.3 Å². The minimum atomic E-state index is -1.50. The molecule has 682 valence electrons. The Morgan fingerprint density at radius 3 is 1.12 bits per heavy atom. The number of hydrogen-bond donors (Lipinski definition) is 7. The molecule has 32 heteroatoms. The molecule has 121 heavy (non-hydrogen) atoms. The number of benzene rings is 1. The number of nitrogens with two attached hydrogens (primary N) is 1. The molecule has 3 heterocycles. The molecule has 1 aromatic heterocycles. The minimum absolute atomic E-state index is 0.0459. The maximum Gasteiger partial charge on any atom is 0.329 e. The van der Waals surface area contributed by atoms with E-state index >= 15 is 28.8 Å². The number of hydrogen-bond acceptors (Lipinski definition) is 19. The average molecular weight is 1720 g/mol. The number of rotatable bonds is 28. The van der Waals surface area contributed by atoms with Crippen LogP contribution in [-0.4, -0.2) is 251 Å². The topological polar surface area (TPSA) is 388 Å². The van der Waals surface area contributed by atoms with Crippen LogP contribution in [0.2, 0.25) is 0 Å². The summed E-state index contributed by atoms with van der Waals surface area (Å²) in [5.74, 6) is -12.9. The number of aromatic nitrogens is 1. The third-order valence-electron chi connectivity index (χ3n) is 23.1. The van der Waals surface area contributed by atoms with Crippen LogP contribution in [0.1, 0.15) is 239 Å². The van der Waals surface area contributed by atoms with Gasteiger partial charge in [0.05, 0.1) is 10.7 Å². The van der Waals surface area contributed by atoms with Crippen LogP contribution < -0.4 is 37.6 Å². The molecule has 0 saturated carbocycles. The van der Waals surface area contributed by atoms with Crippen LogP contribution in [0, 0.1) is 59.1 Å². The molecule has 12 amide bonds. The monoisotopic (exact) mass is 1720 g/mol. The van der Waals surface area contributed by atoms with Gasteiger partial charge in [0.2, 0.25) is 59.1 Å². The van der Waals surface area contributed by atoms with Crippen LogP contribution in [0.15, 0.2) is 29.6 Å². The van der Waals surface area contributed by atoms with Gasteiger partial charge in [0, 0.05) is 72.3 Å². The van der Waals surface area contributed by atoms with Crippen molar-refractivity contribution in [1.82, 2.24) is 66.3 Å². The SMILES string of the molecule is CCCC(CC(C)(C)c1csc(C[C@H]2C(=O)N[C@@H](CC(C)C)C(=O)N(C)[C@@H](C)C(=O)O[C@H](CCN)C(=O)N[C@@H](CC(C)C)C(=O)N(C)[C@@H](CC(C)C)C(=O)N[C@@H](CC(C)C)C(=O)N2C)n1)[C@H](C)C[C@@H]1NC(=O)[C@H](Cc2ccc(F)cc2)N(C)C(=O)[C@H](CC(C)C)NC(=O)[C@H](CC(C)C)N(C)C(=O)[C@H](CC(C)C)NC(=O)[C@@H](C)OC(=O)[C@H](C)N(C)C1=O. The standard InChI is InChI=1S/C89H147FN14O16S/c1-28-29-60(55(16)43-67-82(112)99(22)56(17)87(117)119-58(19)75(105)92-63(37-49(4)5)83(113)101(24)68(41-53(12)13)76(106)94-64(38-50(6)7)84(114)103(26)70(78(108)96-67)44-59-30-32-61(90)33-31-59)46-89(20,21)73-47-121-74(98-73)45-71-79(109)93-62(36-48(2)3)81(111)100(23)57(18)88(118)120-72(34-35-91)80(110)97-66(40-52(10)11)86(116)102(25)69(42-54(14)15)77(107)95-65(39-51(8)9)85(115)104(71)27/h30-33,47-58,60,62-72H,28-29,34-46,91H2,1-27H3,(H,92,105)(H,93,109)(H,94,106)(H,95,107)(H,96,108)(H,97,110)/t55-,56+,57+,58-,60?,62+,63+,64+,65+,66+,67+,68+,69+,70+,71+,72-/m1/s1. The van der Waals surface area contributed by atoms with Gasteiger partial charge in [0.15, 0.2) is 12.2 Å². The van der Waals surface area contributed by atoms with Gasteiger partial charge >= 0.3 is 11.9 Å². The predicted octanol–water partition coefficient (Wildman–Crippen LogP) is 7.63. The second-order valence-corrected chi connectivity index (χ2v) is 38.4. The van der Waals surface area contributed by atoms with Crippen LogP contribution in [0.4, 0.5) is 4.39 Å². The van der Waals surface area contributed by atoms with E-state index in [0.717, 1.165) is 9.80 Å². The summed E-state index contributed by atoms with van der Waals surface area (Å²) in [6, 6.07) is -10.1. The number of cyclic esters (lactones) is 2. The Hall–Kier alpha value is -8.68. The van der Waals surface area contributed by atoms with Gasteiger partial charge in [-0.1, -0.05) is 150 Å². The van der Waals surface area contributed by atoms with Crippen molar-refractivity contribution >= 4 is 94.2 Å². The highest BCUT2D eigenvalue weighted by atomic mass is 32.1. The summed E-state index contributed by atoms with van der Waals surface area (Å²) in [5, 5.41) is 19.7. The second kappa shape index (κ2) is 47.8. The molecule has 2 aliphatic rings.